The molecular formula is C18H14N2O4. The molecule has 6 nitrogen and oxygen atoms in total. The summed E-state index contributed by atoms with van der Waals surface area (Å²) in [6, 6.07) is 9.15. The summed E-state index contributed by atoms with van der Waals surface area (Å²) in [6.45, 7) is 1.80. The van der Waals surface area contributed by atoms with Gasteiger partial charge >= 0.3 is 5.97 Å². The molecular weight excluding hydrogens is 308 g/mol. The van der Waals surface area contributed by atoms with Crippen molar-refractivity contribution in [2.45, 2.75) is 6.92 Å². The first-order valence-corrected chi connectivity index (χ1v) is 7.35. The molecule has 3 rings (SSSR count). The molecule has 0 unspecified atom stereocenters. The number of fused-ring (bicyclic) bond motifs is 3. The van der Waals surface area contributed by atoms with Gasteiger partial charge in [-0.3, -0.25) is 9.36 Å². The van der Waals surface area contributed by atoms with E-state index in [2.05, 4.69) is 0 Å². The highest BCUT2D eigenvalue weighted by Crippen LogP contribution is 2.38. The lowest BCUT2D eigenvalue weighted by molar-refractivity contribution is -0.138. The average Bonchev–Trinajstić information content (AvgIpc) is 3.07. The van der Waals surface area contributed by atoms with Crippen LogP contribution in [0.3, 0.4) is 0 Å². The van der Waals surface area contributed by atoms with E-state index in [1.54, 1.807) is 19.1 Å². The highest BCUT2D eigenvalue weighted by atomic mass is 16.5. The average molecular weight is 322 g/mol. The van der Waals surface area contributed by atoms with Gasteiger partial charge in [0.25, 0.3) is 5.91 Å². The normalized spacial score (nSPS) is 13.5. The van der Waals surface area contributed by atoms with Gasteiger partial charge in [-0.05, 0) is 31.2 Å². The topological polar surface area (TPSA) is 81.3 Å². The molecule has 0 spiro atoms. The van der Waals surface area contributed by atoms with Crippen LogP contribution in [0, 0.1) is 11.3 Å². The summed E-state index contributed by atoms with van der Waals surface area (Å²) in [7, 11) is 1.54. The molecule has 120 valence electrons. The van der Waals surface area contributed by atoms with Gasteiger partial charge in [-0.25, -0.2) is 4.79 Å². The van der Waals surface area contributed by atoms with Crippen molar-refractivity contribution in [1.29, 1.82) is 5.26 Å². The number of aromatic nitrogens is 1. The molecule has 1 aromatic carbocycles. The summed E-state index contributed by atoms with van der Waals surface area (Å²) in [4.78, 5) is 24.4. The standard InChI is InChI=1S/C18H14N2O4/c1-3-24-18(22)12(10-19)8-11-9-15-16(23-2)13-6-4-5-7-14(13)20(15)17(11)21/h4-9H,3H2,1-2H3. The fraction of sp³-hybridized carbons (Fsp3) is 0.167. The quantitative estimate of drug-likeness (QED) is 0.491. The van der Waals surface area contributed by atoms with Crippen molar-refractivity contribution in [3.05, 3.63) is 47.2 Å². The smallest absolute Gasteiger partial charge is 0.348 e. The Kier molecular flexibility index (Phi) is 3.92. The molecule has 0 atom stereocenters. The van der Waals surface area contributed by atoms with Gasteiger partial charge in [-0.2, -0.15) is 5.26 Å². The minimum absolute atomic E-state index is 0.156. The van der Waals surface area contributed by atoms with E-state index in [1.165, 1.54) is 17.8 Å². The number of nitriles is 1. The number of ether oxygens (including phenoxy) is 2. The third-order valence-electron chi connectivity index (χ3n) is 3.73. The molecule has 2 heterocycles. The van der Waals surface area contributed by atoms with E-state index in [0.717, 1.165) is 5.39 Å². The highest BCUT2D eigenvalue weighted by molar-refractivity contribution is 6.15. The molecule has 0 saturated carbocycles. The second-order valence-electron chi connectivity index (χ2n) is 5.07. The van der Waals surface area contributed by atoms with Crippen LogP contribution >= 0.6 is 0 Å². The number of allylic oxidation sites excluding steroid dienone is 2. The van der Waals surface area contributed by atoms with Crippen LogP contribution in [0.4, 0.5) is 0 Å². The Hall–Kier alpha value is -3.33. The van der Waals surface area contributed by atoms with Gasteiger partial charge in [0.05, 0.1) is 24.9 Å². The van der Waals surface area contributed by atoms with Crippen LogP contribution in [0.5, 0.6) is 5.75 Å². The second-order valence-corrected chi connectivity index (χ2v) is 5.07. The number of benzene rings is 1. The third-order valence-corrected chi connectivity index (χ3v) is 3.73. The lowest BCUT2D eigenvalue weighted by Crippen LogP contribution is -2.10. The molecule has 1 aliphatic rings. The Morgan fingerprint density at radius 2 is 2.12 bits per heavy atom. The third kappa shape index (κ3) is 2.27. The molecule has 2 aromatic rings. The predicted octanol–water partition coefficient (Wildman–Crippen LogP) is 2.70. The molecule has 1 aromatic heterocycles. The molecule has 24 heavy (non-hydrogen) atoms. The minimum Gasteiger partial charge on any atom is -0.494 e. The van der Waals surface area contributed by atoms with Gasteiger partial charge in [0.2, 0.25) is 0 Å². The fourth-order valence-electron chi connectivity index (χ4n) is 2.74. The molecule has 0 bridgehead atoms. The molecule has 0 amide bonds. The first-order valence-electron chi connectivity index (χ1n) is 7.35. The monoisotopic (exact) mass is 322 g/mol. The zero-order chi connectivity index (χ0) is 17.3. The highest BCUT2D eigenvalue weighted by Gasteiger charge is 2.29. The summed E-state index contributed by atoms with van der Waals surface area (Å²) < 4.78 is 11.8. The second kappa shape index (κ2) is 6.05. The van der Waals surface area contributed by atoms with Gasteiger partial charge in [0.15, 0.2) is 5.75 Å². The van der Waals surface area contributed by atoms with Crippen LogP contribution in [-0.4, -0.2) is 30.2 Å². The van der Waals surface area contributed by atoms with E-state index in [-0.39, 0.29) is 23.7 Å². The maximum Gasteiger partial charge on any atom is 0.348 e. The van der Waals surface area contributed by atoms with E-state index in [1.807, 2.05) is 24.3 Å². The van der Waals surface area contributed by atoms with Crippen LogP contribution in [0.1, 0.15) is 17.4 Å². The Balaban J connectivity index is 2.12. The lowest BCUT2D eigenvalue weighted by atomic mass is 10.1. The molecule has 0 fully saturated rings. The lowest BCUT2D eigenvalue weighted by Gasteiger charge is -2.01. The van der Waals surface area contributed by atoms with Gasteiger partial charge in [0, 0.05) is 11.0 Å². The summed E-state index contributed by atoms with van der Waals surface area (Å²) >= 11 is 0. The largest absolute Gasteiger partial charge is 0.494 e. The minimum atomic E-state index is -0.748. The predicted molar refractivity (Wildman–Crippen MR) is 87.4 cm³/mol. The fourth-order valence-corrected chi connectivity index (χ4v) is 2.74. The summed E-state index contributed by atoms with van der Waals surface area (Å²) in [5, 5.41) is 9.95. The van der Waals surface area contributed by atoms with Gasteiger partial charge in [0.1, 0.15) is 11.6 Å². The van der Waals surface area contributed by atoms with Crippen molar-refractivity contribution in [3.8, 4) is 11.8 Å². The summed E-state index contributed by atoms with van der Waals surface area (Å²) in [5.74, 6) is -0.486. The van der Waals surface area contributed by atoms with Crippen molar-refractivity contribution in [3.63, 3.8) is 0 Å². The molecule has 1 aliphatic heterocycles. The van der Waals surface area contributed by atoms with Crippen molar-refractivity contribution in [1.82, 2.24) is 4.57 Å². The number of nitrogens with zero attached hydrogens (tertiary/aromatic N) is 2. The van der Waals surface area contributed by atoms with E-state index in [4.69, 9.17) is 14.7 Å². The van der Waals surface area contributed by atoms with Crippen molar-refractivity contribution in [2.24, 2.45) is 0 Å². The molecule has 0 aliphatic carbocycles. The van der Waals surface area contributed by atoms with Gasteiger partial charge in [-0.15, -0.1) is 0 Å². The van der Waals surface area contributed by atoms with Crippen LogP contribution in [0.2, 0.25) is 0 Å². The maximum atomic E-state index is 12.7. The van der Waals surface area contributed by atoms with Crippen LogP contribution < -0.4 is 4.74 Å². The SMILES string of the molecule is CCOC(=O)C(C#N)=CC1=Cc2c(OC)c3ccccc3n2C1=O. The zero-order valence-electron chi connectivity index (χ0n) is 13.2. The Morgan fingerprint density at radius 3 is 2.79 bits per heavy atom. The first kappa shape index (κ1) is 15.6. The number of esters is 1. The summed E-state index contributed by atoms with van der Waals surface area (Å²) in [6.07, 6.45) is 2.86. The Bertz CT molecular complexity index is 957. The number of hydrogen-bond donors (Lipinski definition) is 0. The number of rotatable bonds is 4. The van der Waals surface area contributed by atoms with E-state index in [9.17, 15) is 9.59 Å². The number of carbonyl (C=O) groups is 2. The molecule has 0 N–H and O–H groups in total. The van der Waals surface area contributed by atoms with E-state index in [0.29, 0.717) is 17.0 Å². The summed E-state index contributed by atoms with van der Waals surface area (Å²) in [5.41, 5.74) is 1.32. The number of hydrogen-bond acceptors (Lipinski definition) is 5. The zero-order valence-corrected chi connectivity index (χ0v) is 13.2. The van der Waals surface area contributed by atoms with E-state index < -0.39 is 5.97 Å². The van der Waals surface area contributed by atoms with E-state index >= 15 is 0 Å². The van der Waals surface area contributed by atoms with Crippen molar-refractivity contribution >= 4 is 28.9 Å². The van der Waals surface area contributed by atoms with Crippen molar-refractivity contribution in [2.75, 3.05) is 13.7 Å². The number of methoxy groups -OCH3 is 1. The van der Waals surface area contributed by atoms with Gasteiger partial charge in [-0.1, -0.05) is 12.1 Å². The van der Waals surface area contributed by atoms with Crippen LogP contribution in [-0.2, 0) is 9.53 Å². The van der Waals surface area contributed by atoms with Crippen LogP contribution in [0.25, 0.3) is 17.0 Å². The van der Waals surface area contributed by atoms with Gasteiger partial charge < -0.3 is 9.47 Å². The molecule has 0 saturated heterocycles. The van der Waals surface area contributed by atoms with Crippen molar-refractivity contribution < 1.29 is 19.1 Å². The number of para-hydroxylation sites is 1. The maximum absolute atomic E-state index is 12.7. The molecule has 0 radical (unpaired) electrons. The Labute approximate surface area is 138 Å². The first-order chi connectivity index (χ1) is 11.6. The van der Waals surface area contributed by atoms with Crippen LogP contribution in [0.15, 0.2) is 41.5 Å². The Morgan fingerprint density at radius 1 is 1.38 bits per heavy atom. The molecule has 6 heteroatoms. The number of carbonyl (C=O) groups excluding carboxylic acids is 2.